The molecule has 11 heteroatoms. The van der Waals surface area contributed by atoms with Gasteiger partial charge in [-0.2, -0.15) is 0 Å². The molecule has 0 spiro atoms. The van der Waals surface area contributed by atoms with Crippen molar-refractivity contribution < 1.29 is 19.1 Å². The fourth-order valence-electron chi connectivity index (χ4n) is 6.77. The lowest BCUT2D eigenvalue weighted by Crippen LogP contribution is -2.51. The highest BCUT2D eigenvalue weighted by Crippen LogP contribution is 2.36. The number of carbonyl (C=O) groups excluding carboxylic acids is 3. The van der Waals surface area contributed by atoms with Gasteiger partial charge in [-0.15, -0.1) is 0 Å². The Balaban J connectivity index is 1.25. The molecule has 3 N–H and O–H groups in total. The van der Waals surface area contributed by atoms with Gasteiger partial charge in [0.05, 0.1) is 31.6 Å². The van der Waals surface area contributed by atoms with Gasteiger partial charge in [-0.25, -0.2) is 14.8 Å². The summed E-state index contributed by atoms with van der Waals surface area (Å²) in [4.78, 5) is 58.0. The van der Waals surface area contributed by atoms with Crippen LogP contribution in [0.15, 0.2) is 30.6 Å². The van der Waals surface area contributed by atoms with Crippen molar-refractivity contribution in [2.75, 3.05) is 20.2 Å². The maximum atomic E-state index is 13.6. The van der Waals surface area contributed by atoms with E-state index in [0.717, 1.165) is 41.9 Å². The third-order valence-electron chi connectivity index (χ3n) is 9.32. The van der Waals surface area contributed by atoms with Crippen LogP contribution in [0.1, 0.15) is 113 Å². The first-order chi connectivity index (χ1) is 23.8. The van der Waals surface area contributed by atoms with Crippen molar-refractivity contribution in [3.63, 3.8) is 0 Å². The first-order valence-corrected chi connectivity index (χ1v) is 17.5. The summed E-state index contributed by atoms with van der Waals surface area (Å²) in [5.74, 6) is 15.2. The van der Waals surface area contributed by atoms with E-state index in [4.69, 9.17) is 4.74 Å². The molecule has 2 aliphatic rings. The van der Waals surface area contributed by atoms with Crippen molar-refractivity contribution in [1.82, 2.24) is 35.1 Å². The number of alkyl carbamates (subject to hydrolysis) is 1. The third-order valence-corrected chi connectivity index (χ3v) is 9.32. The van der Waals surface area contributed by atoms with Crippen LogP contribution in [0.4, 0.5) is 4.79 Å². The largest absolute Gasteiger partial charge is 0.453 e. The Hall–Kier alpha value is -5.03. The van der Waals surface area contributed by atoms with E-state index in [1.165, 1.54) is 7.11 Å². The van der Waals surface area contributed by atoms with E-state index in [2.05, 4.69) is 76.6 Å². The zero-order valence-corrected chi connectivity index (χ0v) is 30.4. The Bertz CT molecular complexity index is 1830. The fourth-order valence-corrected chi connectivity index (χ4v) is 6.77. The number of ether oxygens (including phenoxy) is 1. The molecule has 2 aromatic heterocycles. The molecule has 264 valence electrons. The van der Waals surface area contributed by atoms with Gasteiger partial charge in [0, 0.05) is 30.6 Å². The number of rotatable bonds is 7. The SMILES string of the molecule is COC(=O)NC(C(=O)N1CC(C)CC1c1ncc(C#Cc2ccc(C#Cc3cnc(C4CC(C)CN4C(=O)CC(C)C)[nH]3)cc2C)[nH]1)C(C)C. The maximum absolute atomic E-state index is 13.6. The van der Waals surface area contributed by atoms with Crippen LogP contribution in [0, 0.1) is 54.3 Å². The zero-order valence-electron chi connectivity index (χ0n) is 30.4. The minimum Gasteiger partial charge on any atom is -0.453 e. The molecule has 0 bridgehead atoms. The summed E-state index contributed by atoms with van der Waals surface area (Å²) in [6.45, 7) is 15.5. The number of nitrogens with one attached hydrogen (secondary N) is 3. The van der Waals surface area contributed by atoms with Crippen molar-refractivity contribution in [2.45, 2.75) is 85.9 Å². The number of methoxy groups -OCH3 is 1. The van der Waals surface area contributed by atoms with Gasteiger partial charge < -0.3 is 29.8 Å². The molecule has 5 rings (SSSR count). The van der Waals surface area contributed by atoms with Crippen LogP contribution in [0.2, 0.25) is 0 Å². The van der Waals surface area contributed by atoms with Crippen LogP contribution in [-0.4, -0.2) is 73.9 Å². The smallest absolute Gasteiger partial charge is 0.407 e. The Morgan fingerprint density at radius 3 is 2.04 bits per heavy atom. The van der Waals surface area contributed by atoms with Gasteiger partial charge in [0.2, 0.25) is 11.8 Å². The number of hydrogen-bond acceptors (Lipinski definition) is 6. The summed E-state index contributed by atoms with van der Waals surface area (Å²) in [6.07, 6.45) is 4.99. The van der Waals surface area contributed by atoms with Crippen molar-refractivity contribution in [3.05, 3.63) is 70.3 Å². The second-order valence-electron chi connectivity index (χ2n) is 14.6. The Morgan fingerprint density at radius 1 is 0.900 bits per heavy atom. The lowest BCUT2D eigenvalue weighted by molar-refractivity contribution is -0.135. The van der Waals surface area contributed by atoms with Gasteiger partial charge in [0.15, 0.2) is 0 Å². The lowest BCUT2D eigenvalue weighted by atomic mass is 10.0. The molecule has 4 heterocycles. The number of aryl methyl sites for hydroxylation is 1. The van der Waals surface area contributed by atoms with Crippen molar-refractivity contribution in [3.8, 4) is 23.7 Å². The molecule has 5 atom stereocenters. The molecule has 1 aromatic carbocycles. The molecule has 0 aliphatic carbocycles. The van der Waals surface area contributed by atoms with E-state index in [0.29, 0.717) is 42.0 Å². The predicted molar refractivity (Wildman–Crippen MR) is 190 cm³/mol. The first kappa shape index (κ1) is 36.3. The van der Waals surface area contributed by atoms with Crippen LogP contribution in [0.5, 0.6) is 0 Å². The minimum absolute atomic E-state index is 0.0476. The molecule has 3 aromatic rings. The van der Waals surface area contributed by atoms with Crippen LogP contribution >= 0.6 is 0 Å². The molecule has 11 nitrogen and oxygen atoms in total. The van der Waals surface area contributed by atoms with Crippen LogP contribution in [-0.2, 0) is 14.3 Å². The topological polar surface area (TPSA) is 136 Å². The van der Waals surface area contributed by atoms with E-state index in [9.17, 15) is 14.4 Å². The lowest BCUT2D eigenvalue weighted by Gasteiger charge is -2.30. The maximum Gasteiger partial charge on any atom is 0.407 e. The van der Waals surface area contributed by atoms with Gasteiger partial charge in [0.25, 0.3) is 0 Å². The predicted octanol–water partition coefficient (Wildman–Crippen LogP) is 5.49. The quantitative estimate of drug-likeness (QED) is 0.283. The van der Waals surface area contributed by atoms with Gasteiger partial charge in [-0.05, 0) is 79.0 Å². The van der Waals surface area contributed by atoms with Crippen LogP contribution in [0.3, 0.4) is 0 Å². The Morgan fingerprint density at radius 2 is 1.48 bits per heavy atom. The monoisotopic (exact) mass is 679 g/mol. The summed E-state index contributed by atoms with van der Waals surface area (Å²) in [7, 11) is 1.29. The van der Waals surface area contributed by atoms with Crippen molar-refractivity contribution in [2.24, 2.45) is 23.7 Å². The number of H-pyrrole nitrogens is 2. The van der Waals surface area contributed by atoms with Gasteiger partial charge >= 0.3 is 6.09 Å². The van der Waals surface area contributed by atoms with E-state index < -0.39 is 12.1 Å². The molecule has 0 saturated carbocycles. The molecule has 50 heavy (non-hydrogen) atoms. The van der Waals surface area contributed by atoms with E-state index in [1.807, 2.05) is 43.9 Å². The molecule has 3 amide bonds. The van der Waals surface area contributed by atoms with E-state index in [-0.39, 0.29) is 35.7 Å². The summed E-state index contributed by atoms with van der Waals surface area (Å²) >= 11 is 0. The number of nitrogens with zero attached hydrogens (tertiary/aromatic N) is 4. The average Bonchev–Trinajstić information content (AvgIpc) is 3.87. The number of aromatic amines is 2. The second-order valence-corrected chi connectivity index (χ2v) is 14.6. The number of amides is 3. The van der Waals surface area contributed by atoms with Crippen molar-refractivity contribution >= 4 is 17.9 Å². The van der Waals surface area contributed by atoms with E-state index >= 15 is 0 Å². The molecular formula is C39H49N7O4. The Labute approximate surface area is 295 Å². The minimum atomic E-state index is -0.699. The fraction of sp³-hybridized carbons (Fsp3) is 0.513. The summed E-state index contributed by atoms with van der Waals surface area (Å²) in [5.41, 5.74) is 4.09. The molecule has 2 fully saturated rings. The van der Waals surface area contributed by atoms with Gasteiger partial charge in [-0.1, -0.05) is 53.4 Å². The molecule has 5 unspecified atom stereocenters. The summed E-state index contributed by atoms with van der Waals surface area (Å²) in [6, 6.07) is 4.92. The normalized spacial score (nSPS) is 20.7. The van der Waals surface area contributed by atoms with Crippen LogP contribution in [0.25, 0.3) is 0 Å². The molecular weight excluding hydrogens is 630 g/mol. The van der Waals surface area contributed by atoms with Gasteiger partial charge in [0.1, 0.15) is 29.1 Å². The van der Waals surface area contributed by atoms with Crippen molar-refractivity contribution in [1.29, 1.82) is 0 Å². The number of hydrogen-bond donors (Lipinski definition) is 3. The highest BCUT2D eigenvalue weighted by atomic mass is 16.5. The summed E-state index contributed by atoms with van der Waals surface area (Å²) < 4.78 is 4.75. The highest BCUT2D eigenvalue weighted by Gasteiger charge is 2.40. The molecule has 0 radical (unpaired) electrons. The zero-order chi connectivity index (χ0) is 36.1. The number of imidazole rings is 2. The number of likely N-dealkylation sites (tertiary alicyclic amines) is 2. The number of aromatic nitrogens is 4. The highest BCUT2D eigenvalue weighted by molar-refractivity contribution is 5.86. The first-order valence-electron chi connectivity index (χ1n) is 17.5. The molecule has 2 saturated heterocycles. The summed E-state index contributed by atoms with van der Waals surface area (Å²) in [5, 5.41) is 2.69. The van der Waals surface area contributed by atoms with Gasteiger partial charge in [-0.3, -0.25) is 9.59 Å². The Kier molecular flexibility index (Phi) is 11.4. The molecule has 2 aliphatic heterocycles. The van der Waals surface area contributed by atoms with Crippen LogP contribution < -0.4 is 5.32 Å². The number of carbonyl (C=O) groups is 3. The number of benzene rings is 1. The van der Waals surface area contributed by atoms with E-state index in [1.54, 1.807) is 17.3 Å². The second kappa shape index (κ2) is 15.7. The third kappa shape index (κ3) is 8.57. The average molecular weight is 680 g/mol. The standard InChI is InChI=1S/C39H49N7O4/c1-23(2)15-34(47)45-21-25(5)16-32(45)36-40-19-30(42-36)13-10-28-9-11-29(27(7)18-28)12-14-31-20-41-37(43-31)33-17-26(6)22-46(33)38(48)35(24(3)4)44-39(49)50-8/h9,11,18-20,23-26,32-33,35H,15-17,21-22H2,1-8H3,(H,40,42)(H,41,43)(H,44,49).